The molecule has 2 fully saturated rings. The fourth-order valence-corrected chi connectivity index (χ4v) is 5.45. The molecule has 1 aromatic carbocycles. The van der Waals surface area contributed by atoms with E-state index in [4.69, 9.17) is 4.74 Å². The van der Waals surface area contributed by atoms with Crippen LogP contribution in [-0.2, 0) is 0 Å². The zero-order valence-electron chi connectivity index (χ0n) is 18.9. The van der Waals surface area contributed by atoms with Gasteiger partial charge in [-0.1, -0.05) is 64.2 Å². The monoisotopic (exact) mass is 394 g/mol. The lowest BCUT2D eigenvalue weighted by Gasteiger charge is -2.37. The van der Waals surface area contributed by atoms with Crippen molar-refractivity contribution in [2.24, 2.45) is 23.7 Å². The van der Waals surface area contributed by atoms with Crippen LogP contribution >= 0.6 is 0 Å². The van der Waals surface area contributed by atoms with E-state index >= 15 is 0 Å². The lowest BCUT2D eigenvalue weighted by Crippen LogP contribution is -2.25. The van der Waals surface area contributed by atoms with Crippen LogP contribution in [0.2, 0.25) is 0 Å². The van der Waals surface area contributed by atoms with Gasteiger partial charge in [0, 0.05) is 11.5 Å². The predicted molar refractivity (Wildman–Crippen MR) is 124 cm³/mol. The Morgan fingerprint density at radius 2 is 1.45 bits per heavy atom. The first-order valence-corrected chi connectivity index (χ1v) is 12.5. The third kappa shape index (κ3) is 7.40. The summed E-state index contributed by atoms with van der Waals surface area (Å²) >= 11 is 0. The molecule has 0 heterocycles. The van der Waals surface area contributed by atoms with E-state index in [9.17, 15) is 0 Å². The van der Waals surface area contributed by atoms with E-state index in [1.54, 1.807) is 0 Å². The summed E-state index contributed by atoms with van der Waals surface area (Å²) in [6.07, 6.45) is 17.9. The molecule has 0 N–H and O–H groups in total. The predicted octanol–water partition coefficient (Wildman–Crippen LogP) is 8.02. The van der Waals surface area contributed by atoms with Gasteiger partial charge in [0.1, 0.15) is 5.75 Å². The molecule has 2 aliphatic carbocycles. The maximum absolute atomic E-state index is 5.80. The van der Waals surface area contributed by atoms with Crippen molar-refractivity contribution >= 4 is 0 Å². The summed E-state index contributed by atoms with van der Waals surface area (Å²) in [5.74, 6) is 11.6. The number of hydrogen-bond acceptors (Lipinski definition) is 1. The van der Waals surface area contributed by atoms with Gasteiger partial charge in [0.2, 0.25) is 0 Å². The van der Waals surface area contributed by atoms with Crippen molar-refractivity contribution in [3.8, 4) is 17.6 Å². The van der Waals surface area contributed by atoms with Crippen LogP contribution in [0.1, 0.15) is 103 Å². The highest BCUT2D eigenvalue weighted by Gasteiger charge is 2.30. The summed E-state index contributed by atoms with van der Waals surface area (Å²) in [5.41, 5.74) is 1.13. The van der Waals surface area contributed by atoms with Gasteiger partial charge < -0.3 is 4.74 Å². The van der Waals surface area contributed by atoms with Gasteiger partial charge in [-0.3, -0.25) is 0 Å². The third-order valence-corrected chi connectivity index (χ3v) is 7.32. The van der Waals surface area contributed by atoms with Gasteiger partial charge in [0.15, 0.2) is 0 Å². The molecule has 0 unspecified atom stereocenters. The van der Waals surface area contributed by atoms with E-state index < -0.39 is 0 Å². The van der Waals surface area contributed by atoms with Crippen molar-refractivity contribution in [3.05, 3.63) is 29.8 Å². The van der Waals surface area contributed by atoms with Gasteiger partial charge in [-0.25, -0.2) is 0 Å². The minimum absolute atomic E-state index is 0.604. The van der Waals surface area contributed by atoms with Crippen molar-refractivity contribution in [2.45, 2.75) is 97.3 Å². The van der Waals surface area contributed by atoms with Gasteiger partial charge in [0.05, 0.1) is 6.61 Å². The normalized spacial score (nSPS) is 27.1. The van der Waals surface area contributed by atoms with Crippen molar-refractivity contribution in [2.75, 3.05) is 6.61 Å². The summed E-state index contributed by atoms with van der Waals surface area (Å²) in [5, 5.41) is 0. The van der Waals surface area contributed by atoms with Crippen molar-refractivity contribution in [1.82, 2.24) is 0 Å². The quantitative estimate of drug-likeness (QED) is 0.320. The third-order valence-electron chi connectivity index (χ3n) is 7.32. The van der Waals surface area contributed by atoms with Gasteiger partial charge >= 0.3 is 0 Å². The molecule has 0 radical (unpaired) electrons. The Hall–Kier alpha value is -1.42. The second-order valence-electron chi connectivity index (χ2n) is 9.53. The van der Waals surface area contributed by atoms with E-state index in [0.29, 0.717) is 5.92 Å². The Morgan fingerprint density at radius 3 is 2.07 bits per heavy atom. The molecule has 0 aromatic heterocycles. The molecule has 0 amide bonds. The maximum Gasteiger partial charge on any atom is 0.119 e. The fraction of sp³-hybridized carbons (Fsp3) is 0.714. The standard InChI is InChI=1S/C28H42O/c1-3-5-6-22-29-28-20-14-25(15-21-28)9-8-24-12-18-27(19-13-24)26-16-10-23(7-4-2)11-17-26/h14-15,20-21,23-24,26-27H,3-7,10-13,16-19,22H2,1-2H3. The van der Waals surface area contributed by atoms with Crippen molar-refractivity contribution in [1.29, 1.82) is 0 Å². The Morgan fingerprint density at radius 1 is 0.793 bits per heavy atom. The van der Waals surface area contributed by atoms with Crippen LogP contribution in [0, 0.1) is 35.5 Å². The first-order valence-electron chi connectivity index (χ1n) is 12.5. The van der Waals surface area contributed by atoms with Crippen molar-refractivity contribution < 1.29 is 4.74 Å². The average Bonchev–Trinajstić information content (AvgIpc) is 2.77. The highest BCUT2D eigenvalue weighted by Crippen LogP contribution is 2.42. The number of benzene rings is 1. The summed E-state index contributed by atoms with van der Waals surface area (Å²) in [6.45, 7) is 5.38. The first kappa shape index (κ1) is 22.3. The summed E-state index contributed by atoms with van der Waals surface area (Å²) < 4.78 is 5.80. The highest BCUT2D eigenvalue weighted by atomic mass is 16.5. The molecule has 0 saturated heterocycles. The molecule has 1 heteroatoms. The van der Waals surface area contributed by atoms with E-state index in [2.05, 4.69) is 50.0 Å². The summed E-state index contributed by atoms with van der Waals surface area (Å²) in [4.78, 5) is 0. The van der Waals surface area contributed by atoms with Crippen LogP contribution in [0.4, 0.5) is 0 Å². The first-order chi connectivity index (χ1) is 14.3. The zero-order valence-corrected chi connectivity index (χ0v) is 18.9. The number of rotatable bonds is 8. The molecule has 2 aliphatic rings. The van der Waals surface area contributed by atoms with Gasteiger partial charge in [-0.15, -0.1) is 0 Å². The van der Waals surface area contributed by atoms with Crippen LogP contribution in [0.5, 0.6) is 5.75 Å². The molecule has 0 atom stereocenters. The van der Waals surface area contributed by atoms with Gasteiger partial charge in [-0.2, -0.15) is 0 Å². The minimum Gasteiger partial charge on any atom is -0.494 e. The van der Waals surface area contributed by atoms with Crippen LogP contribution in [0.15, 0.2) is 24.3 Å². The Labute approximate surface area is 180 Å². The maximum atomic E-state index is 5.80. The molecule has 29 heavy (non-hydrogen) atoms. The molecule has 3 rings (SSSR count). The zero-order chi connectivity index (χ0) is 20.3. The molecule has 1 nitrogen and oxygen atoms in total. The smallest absolute Gasteiger partial charge is 0.119 e. The summed E-state index contributed by atoms with van der Waals surface area (Å²) in [6, 6.07) is 8.37. The molecule has 0 bridgehead atoms. The fourth-order valence-electron chi connectivity index (χ4n) is 5.45. The molecule has 1 aromatic rings. The van der Waals surface area contributed by atoms with Crippen LogP contribution in [-0.4, -0.2) is 6.61 Å². The minimum atomic E-state index is 0.604. The number of ether oxygens (including phenoxy) is 1. The average molecular weight is 395 g/mol. The second kappa shape index (κ2) is 12.3. The number of hydrogen-bond donors (Lipinski definition) is 0. The molecule has 0 aliphatic heterocycles. The lowest BCUT2D eigenvalue weighted by atomic mass is 9.69. The Bertz CT molecular complexity index is 619. The summed E-state index contributed by atoms with van der Waals surface area (Å²) in [7, 11) is 0. The van der Waals surface area contributed by atoms with Crippen molar-refractivity contribution in [3.63, 3.8) is 0 Å². The van der Waals surface area contributed by atoms with Crippen LogP contribution in [0.25, 0.3) is 0 Å². The van der Waals surface area contributed by atoms with Crippen LogP contribution in [0.3, 0.4) is 0 Å². The molecule has 160 valence electrons. The van der Waals surface area contributed by atoms with E-state index in [1.165, 1.54) is 77.0 Å². The SMILES string of the molecule is CCCCCOc1ccc(C#CC2CCC(C3CCC(CCC)CC3)CC2)cc1. The molecular formula is C28H42O. The molecule has 0 spiro atoms. The molecular weight excluding hydrogens is 352 g/mol. The highest BCUT2D eigenvalue weighted by molar-refractivity contribution is 5.38. The van der Waals surface area contributed by atoms with Crippen LogP contribution < -0.4 is 4.74 Å². The number of unbranched alkanes of at least 4 members (excludes halogenated alkanes) is 2. The lowest BCUT2D eigenvalue weighted by molar-refractivity contribution is 0.154. The van der Waals surface area contributed by atoms with E-state index in [1.807, 2.05) is 0 Å². The second-order valence-corrected chi connectivity index (χ2v) is 9.53. The Balaban J connectivity index is 1.38. The van der Waals surface area contributed by atoms with E-state index in [-0.39, 0.29) is 0 Å². The van der Waals surface area contributed by atoms with Gasteiger partial charge in [-0.05, 0) is 87.0 Å². The largest absolute Gasteiger partial charge is 0.494 e. The Kier molecular flexibility index (Phi) is 9.46. The van der Waals surface area contributed by atoms with E-state index in [0.717, 1.165) is 42.1 Å². The van der Waals surface area contributed by atoms with Gasteiger partial charge in [0.25, 0.3) is 0 Å². The molecule has 2 saturated carbocycles. The topological polar surface area (TPSA) is 9.23 Å².